The van der Waals surface area contributed by atoms with Gasteiger partial charge in [-0.25, -0.2) is 4.79 Å². The Morgan fingerprint density at radius 1 is 1.13 bits per heavy atom. The average molecular weight is 315 g/mol. The molecule has 0 aliphatic rings. The van der Waals surface area contributed by atoms with Gasteiger partial charge in [-0.1, -0.05) is 18.2 Å². The molecule has 23 heavy (non-hydrogen) atoms. The van der Waals surface area contributed by atoms with Crippen molar-refractivity contribution in [3.05, 3.63) is 65.7 Å². The highest BCUT2D eigenvalue weighted by molar-refractivity contribution is 5.89. The fourth-order valence-electron chi connectivity index (χ4n) is 1.73. The van der Waals surface area contributed by atoms with Crippen molar-refractivity contribution in [2.45, 2.75) is 6.61 Å². The Hall–Kier alpha value is -3.20. The molecular weight excluding hydrogens is 304 g/mol. The van der Waals surface area contributed by atoms with E-state index in [-0.39, 0.29) is 11.5 Å². The predicted octanol–water partition coefficient (Wildman–Crippen LogP) is 3.78. The number of nitriles is 1. The lowest BCUT2D eigenvalue weighted by atomic mass is 10.2. The molecule has 0 saturated carbocycles. The van der Waals surface area contributed by atoms with Crippen LogP contribution in [0, 0.1) is 11.3 Å². The number of hydrogen-bond acceptors (Lipinski definition) is 4. The summed E-state index contributed by atoms with van der Waals surface area (Å²) in [4.78, 5) is 11.7. The van der Waals surface area contributed by atoms with E-state index in [1.54, 1.807) is 12.1 Å². The minimum absolute atomic E-state index is 0.0371. The van der Waals surface area contributed by atoms with Gasteiger partial charge in [-0.05, 0) is 36.4 Å². The Kier molecular flexibility index (Phi) is 5.42. The molecule has 0 amide bonds. The molecule has 0 aliphatic heterocycles. The monoisotopic (exact) mass is 315 g/mol. The van der Waals surface area contributed by atoms with E-state index < -0.39 is 12.6 Å². The molecule has 116 valence electrons. The number of esters is 1. The third kappa shape index (κ3) is 4.93. The molecule has 4 nitrogen and oxygen atoms in total. The summed E-state index contributed by atoms with van der Waals surface area (Å²) in [7, 11) is 0. The zero-order valence-corrected chi connectivity index (χ0v) is 11.8. The maximum atomic E-state index is 12.3. The second-order valence-electron chi connectivity index (χ2n) is 4.31. The van der Waals surface area contributed by atoms with Crippen molar-refractivity contribution in [1.29, 1.82) is 5.26 Å². The van der Waals surface area contributed by atoms with Crippen LogP contribution in [0.15, 0.2) is 54.6 Å². The number of hydrogen-bond donors (Lipinski definition) is 0. The van der Waals surface area contributed by atoms with Crippen molar-refractivity contribution in [2.24, 2.45) is 0 Å². The van der Waals surface area contributed by atoms with Gasteiger partial charge in [0.25, 0.3) is 0 Å². The van der Waals surface area contributed by atoms with E-state index in [2.05, 4.69) is 4.74 Å². The van der Waals surface area contributed by atoms with Crippen LogP contribution in [0.5, 0.6) is 11.5 Å². The third-order valence-electron chi connectivity index (χ3n) is 2.74. The molecule has 0 radical (unpaired) electrons. The quantitative estimate of drug-likeness (QED) is 0.478. The summed E-state index contributed by atoms with van der Waals surface area (Å²) < 4.78 is 34.0. The van der Waals surface area contributed by atoms with Crippen LogP contribution in [-0.4, -0.2) is 12.6 Å². The molecular formula is C17H11F2NO3. The van der Waals surface area contributed by atoms with Gasteiger partial charge < -0.3 is 9.47 Å². The summed E-state index contributed by atoms with van der Waals surface area (Å²) in [5.41, 5.74) is 0.767. The minimum Gasteiger partial charge on any atom is -0.434 e. The van der Waals surface area contributed by atoms with Crippen LogP contribution in [0.2, 0.25) is 0 Å². The molecule has 2 aromatic rings. The van der Waals surface area contributed by atoms with E-state index in [4.69, 9.17) is 10.00 Å². The zero-order valence-electron chi connectivity index (χ0n) is 11.8. The highest BCUT2D eigenvalue weighted by atomic mass is 19.3. The van der Waals surface area contributed by atoms with E-state index in [0.717, 1.165) is 6.08 Å². The number of benzene rings is 2. The van der Waals surface area contributed by atoms with Crippen LogP contribution in [0.1, 0.15) is 11.1 Å². The van der Waals surface area contributed by atoms with Gasteiger partial charge in [0.15, 0.2) is 0 Å². The number of nitrogens with zero attached hydrogens (tertiary/aromatic N) is 1. The lowest BCUT2D eigenvalue weighted by molar-refractivity contribution is -0.128. The van der Waals surface area contributed by atoms with Gasteiger partial charge in [-0.15, -0.1) is 0 Å². The van der Waals surface area contributed by atoms with Crippen molar-refractivity contribution in [2.75, 3.05) is 0 Å². The Morgan fingerprint density at radius 3 is 2.48 bits per heavy atom. The molecule has 2 aromatic carbocycles. The molecule has 0 bridgehead atoms. The van der Waals surface area contributed by atoms with Crippen LogP contribution in [0.3, 0.4) is 0 Å². The van der Waals surface area contributed by atoms with Crippen LogP contribution in [0.25, 0.3) is 6.08 Å². The largest absolute Gasteiger partial charge is 0.434 e. The lowest BCUT2D eigenvalue weighted by Gasteiger charge is -2.07. The standard InChI is InChI=1S/C17H11F2NO3/c18-17(19)23-15-4-2-1-3-13(15)7-10-16(21)22-14-8-5-12(11-20)6-9-14/h1-10,17H/b10-7+. The van der Waals surface area contributed by atoms with Crippen molar-refractivity contribution in [3.8, 4) is 17.6 Å². The van der Waals surface area contributed by atoms with Gasteiger partial charge in [0.1, 0.15) is 11.5 Å². The molecule has 2 rings (SSSR count). The molecule has 0 N–H and O–H groups in total. The molecule has 0 heterocycles. The van der Waals surface area contributed by atoms with Gasteiger partial charge in [0, 0.05) is 11.6 Å². The highest BCUT2D eigenvalue weighted by Crippen LogP contribution is 2.21. The van der Waals surface area contributed by atoms with Crippen LogP contribution >= 0.6 is 0 Å². The fourth-order valence-corrected chi connectivity index (χ4v) is 1.73. The first kappa shape index (κ1) is 16.2. The number of halogens is 2. The molecule has 0 aromatic heterocycles. The summed E-state index contributed by atoms with van der Waals surface area (Å²) >= 11 is 0. The zero-order chi connectivity index (χ0) is 16.7. The first-order chi connectivity index (χ1) is 11.1. The molecule has 6 heteroatoms. The fraction of sp³-hybridized carbons (Fsp3) is 0.0588. The topological polar surface area (TPSA) is 59.3 Å². The predicted molar refractivity (Wildman–Crippen MR) is 78.9 cm³/mol. The summed E-state index contributed by atoms with van der Waals surface area (Å²) in [5, 5.41) is 8.67. The molecule has 0 spiro atoms. The molecule has 0 unspecified atom stereocenters. The summed E-state index contributed by atoms with van der Waals surface area (Å²) in [6.07, 6.45) is 2.43. The van der Waals surface area contributed by atoms with Gasteiger partial charge in [-0.2, -0.15) is 14.0 Å². The smallest absolute Gasteiger partial charge is 0.387 e. The average Bonchev–Trinajstić information content (AvgIpc) is 2.54. The lowest BCUT2D eigenvalue weighted by Crippen LogP contribution is -2.04. The summed E-state index contributed by atoms with van der Waals surface area (Å²) in [6, 6.07) is 14.0. The number of rotatable bonds is 5. The van der Waals surface area contributed by atoms with Crippen molar-refractivity contribution < 1.29 is 23.0 Å². The van der Waals surface area contributed by atoms with E-state index in [1.807, 2.05) is 6.07 Å². The molecule has 0 atom stereocenters. The minimum atomic E-state index is -2.95. The van der Waals surface area contributed by atoms with Crippen molar-refractivity contribution in [3.63, 3.8) is 0 Å². The molecule has 0 aliphatic carbocycles. The van der Waals surface area contributed by atoms with Crippen LogP contribution in [-0.2, 0) is 4.79 Å². The van der Waals surface area contributed by atoms with Gasteiger partial charge >= 0.3 is 12.6 Å². The van der Waals surface area contributed by atoms with Crippen molar-refractivity contribution >= 4 is 12.0 Å². The first-order valence-corrected chi connectivity index (χ1v) is 6.52. The van der Waals surface area contributed by atoms with E-state index >= 15 is 0 Å². The normalized spacial score (nSPS) is 10.5. The molecule has 0 fully saturated rings. The van der Waals surface area contributed by atoms with Gasteiger partial charge in [0.05, 0.1) is 11.6 Å². The Labute approximate surface area is 131 Å². The van der Waals surface area contributed by atoms with E-state index in [9.17, 15) is 13.6 Å². The number of ether oxygens (including phenoxy) is 2. The number of alkyl halides is 2. The van der Waals surface area contributed by atoms with Crippen LogP contribution < -0.4 is 9.47 Å². The Morgan fingerprint density at radius 2 is 1.83 bits per heavy atom. The van der Waals surface area contributed by atoms with E-state index in [0.29, 0.717) is 11.1 Å². The number of para-hydroxylation sites is 1. The summed E-state index contributed by atoms with van der Waals surface area (Å²) in [6.45, 7) is -2.95. The highest BCUT2D eigenvalue weighted by Gasteiger charge is 2.08. The van der Waals surface area contributed by atoms with Gasteiger partial charge in [0.2, 0.25) is 0 Å². The number of carbonyl (C=O) groups excluding carboxylic acids is 1. The second-order valence-corrected chi connectivity index (χ2v) is 4.31. The Bertz CT molecular complexity index is 749. The maximum absolute atomic E-state index is 12.3. The second kappa shape index (κ2) is 7.71. The van der Waals surface area contributed by atoms with E-state index in [1.165, 1.54) is 42.5 Å². The maximum Gasteiger partial charge on any atom is 0.387 e. The first-order valence-electron chi connectivity index (χ1n) is 6.52. The molecule has 0 saturated heterocycles. The summed E-state index contributed by atoms with van der Waals surface area (Å²) in [5.74, 6) is -0.442. The SMILES string of the molecule is N#Cc1ccc(OC(=O)/C=C/c2ccccc2OC(F)F)cc1. The van der Waals surface area contributed by atoms with Crippen molar-refractivity contribution in [1.82, 2.24) is 0 Å². The van der Waals surface area contributed by atoms with Crippen LogP contribution in [0.4, 0.5) is 8.78 Å². The number of carbonyl (C=O) groups is 1. The Balaban J connectivity index is 2.05. The van der Waals surface area contributed by atoms with Gasteiger partial charge in [-0.3, -0.25) is 0 Å². The third-order valence-corrected chi connectivity index (χ3v) is 2.74.